The molecule has 0 fully saturated rings. The molecule has 180 valence electrons. The van der Waals surface area contributed by atoms with E-state index in [-0.39, 0.29) is 22.1 Å². The van der Waals surface area contributed by atoms with Gasteiger partial charge in [-0.05, 0) is 75.2 Å². The number of thiazole rings is 1. The molecule has 3 aromatic carbocycles. The van der Waals surface area contributed by atoms with Crippen LogP contribution in [-0.4, -0.2) is 22.0 Å². The Morgan fingerprint density at radius 2 is 1.69 bits per heavy atom. The summed E-state index contributed by atoms with van der Waals surface area (Å²) in [5.74, 6) is -0.394. The molecule has 0 bridgehead atoms. The minimum absolute atomic E-state index is 0.0721. The number of fused-ring (bicyclic) bond motifs is 1. The second-order valence-corrected chi connectivity index (χ2v) is 11.7. The first-order valence-electron chi connectivity index (χ1n) is 10.8. The van der Waals surface area contributed by atoms with Crippen LogP contribution in [0.4, 0.5) is 11.4 Å². The standard InChI is InChI=1S/C26H23Cl2N3O2S2/c1-13-9-14(2)23(15(3)10-13)31-24(32)16(4)34-26-30-21-8-6-18(12-22(21)35-26)29-25(33)19-7-5-17(27)11-20(19)28/h5-12,16H,1-4H3,(H,29,33)(H,31,32). The molecule has 0 aliphatic rings. The summed E-state index contributed by atoms with van der Waals surface area (Å²) in [6.07, 6.45) is 0. The van der Waals surface area contributed by atoms with E-state index in [2.05, 4.69) is 27.8 Å². The van der Waals surface area contributed by atoms with Gasteiger partial charge in [-0.1, -0.05) is 52.7 Å². The summed E-state index contributed by atoms with van der Waals surface area (Å²) in [6, 6.07) is 14.4. The van der Waals surface area contributed by atoms with Crippen LogP contribution in [0.15, 0.2) is 52.9 Å². The molecule has 0 radical (unpaired) electrons. The first-order chi connectivity index (χ1) is 16.6. The lowest BCUT2D eigenvalue weighted by molar-refractivity contribution is -0.115. The van der Waals surface area contributed by atoms with Gasteiger partial charge in [0.2, 0.25) is 5.91 Å². The topological polar surface area (TPSA) is 71.1 Å². The fourth-order valence-electron chi connectivity index (χ4n) is 3.71. The molecule has 4 aromatic rings. The Hall–Kier alpha value is -2.58. The molecule has 0 saturated heterocycles. The summed E-state index contributed by atoms with van der Waals surface area (Å²) in [4.78, 5) is 30.1. The van der Waals surface area contributed by atoms with Crippen LogP contribution in [0, 0.1) is 20.8 Å². The predicted molar refractivity (Wildman–Crippen MR) is 149 cm³/mol. The van der Waals surface area contributed by atoms with Gasteiger partial charge in [0.25, 0.3) is 5.91 Å². The molecule has 0 spiro atoms. The SMILES string of the molecule is Cc1cc(C)c(NC(=O)C(C)Sc2nc3ccc(NC(=O)c4ccc(Cl)cc4Cl)cc3s2)c(C)c1. The maximum atomic E-state index is 12.9. The zero-order valence-electron chi connectivity index (χ0n) is 19.5. The lowest BCUT2D eigenvalue weighted by Gasteiger charge is -2.15. The Bertz CT molecular complexity index is 1430. The molecule has 1 aromatic heterocycles. The van der Waals surface area contributed by atoms with E-state index >= 15 is 0 Å². The third-order valence-electron chi connectivity index (χ3n) is 5.37. The number of aromatic nitrogens is 1. The van der Waals surface area contributed by atoms with Crippen molar-refractivity contribution in [2.75, 3.05) is 10.6 Å². The van der Waals surface area contributed by atoms with Crippen LogP contribution in [0.25, 0.3) is 10.2 Å². The van der Waals surface area contributed by atoms with Crippen LogP contribution in [0.3, 0.4) is 0 Å². The van der Waals surface area contributed by atoms with Crippen molar-refractivity contribution in [3.05, 3.63) is 80.8 Å². The number of nitrogens with one attached hydrogen (secondary N) is 2. The number of amides is 2. The number of benzene rings is 3. The highest BCUT2D eigenvalue weighted by Gasteiger charge is 2.19. The number of aryl methyl sites for hydroxylation is 3. The summed E-state index contributed by atoms with van der Waals surface area (Å²) < 4.78 is 1.69. The zero-order valence-corrected chi connectivity index (χ0v) is 22.7. The van der Waals surface area contributed by atoms with Crippen molar-refractivity contribution < 1.29 is 9.59 Å². The number of hydrogen-bond donors (Lipinski definition) is 2. The minimum atomic E-state index is -0.332. The number of nitrogens with zero attached hydrogens (tertiary/aromatic N) is 1. The first kappa shape index (κ1) is 25.5. The van der Waals surface area contributed by atoms with Crippen LogP contribution in [0.5, 0.6) is 0 Å². The summed E-state index contributed by atoms with van der Waals surface area (Å²) in [5, 5.41) is 6.35. The second kappa shape index (κ2) is 10.6. The van der Waals surface area contributed by atoms with Crippen molar-refractivity contribution in [3.8, 4) is 0 Å². The minimum Gasteiger partial charge on any atom is -0.325 e. The van der Waals surface area contributed by atoms with E-state index in [0.29, 0.717) is 16.3 Å². The lowest BCUT2D eigenvalue weighted by Crippen LogP contribution is -2.23. The highest BCUT2D eigenvalue weighted by atomic mass is 35.5. The van der Waals surface area contributed by atoms with Gasteiger partial charge < -0.3 is 10.6 Å². The Balaban J connectivity index is 1.45. The van der Waals surface area contributed by atoms with Crippen LogP contribution in [0.2, 0.25) is 10.0 Å². The van der Waals surface area contributed by atoms with Crippen molar-refractivity contribution in [2.45, 2.75) is 37.3 Å². The molecule has 2 amide bonds. The Morgan fingerprint density at radius 1 is 0.971 bits per heavy atom. The molecule has 0 aliphatic carbocycles. The molecule has 9 heteroatoms. The fourth-order valence-corrected chi connectivity index (χ4v) is 6.46. The fraction of sp³-hybridized carbons (Fsp3) is 0.192. The van der Waals surface area contributed by atoms with Gasteiger partial charge >= 0.3 is 0 Å². The molecule has 2 N–H and O–H groups in total. The molecule has 0 saturated carbocycles. The van der Waals surface area contributed by atoms with E-state index in [1.165, 1.54) is 34.7 Å². The number of halogens is 2. The highest BCUT2D eigenvalue weighted by Crippen LogP contribution is 2.34. The Kier molecular flexibility index (Phi) is 7.71. The van der Waals surface area contributed by atoms with Gasteiger partial charge in [-0.3, -0.25) is 9.59 Å². The number of hydrogen-bond acceptors (Lipinski definition) is 5. The van der Waals surface area contributed by atoms with Crippen LogP contribution >= 0.6 is 46.3 Å². The van der Waals surface area contributed by atoms with Gasteiger partial charge in [0.05, 0.1) is 26.1 Å². The van der Waals surface area contributed by atoms with Crippen LogP contribution < -0.4 is 10.6 Å². The maximum Gasteiger partial charge on any atom is 0.257 e. The van der Waals surface area contributed by atoms with Gasteiger partial charge in [-0.2, -0.15) is 0 Å². The van der Waals surface area contributed by atoms with E-state index in [9.17, 15) is 9.59 Å². The number of carbonyl (C=O) groups excluding carboxylic acids is 2. The average Bonchev–Trinajstić information content (AvgIpc) is 3.17. The van der Waals surface area contributed by atoms with E-state index in [1.54, 1.807) is 18.2 Å². The first-order valence-corrected chi connectivity index (χ1v) is 13.3. The summed E-state index contributed by atoms with van der Waals surface area (Å²) in [7, 11) is 0. The van der Waals surface area contributed by atoms with E-state index < -0.39 is 0 Å². The van der Waals surface area contributed by atoms with E-state index in [4.69, 9.17) is 23.2 Å². The third kappa shape index (κ3) is 5.98. The van der Waals surface area contributed by atoms with Crippen molar-refractivity contribution in [1.29, 1.82) is 0 Å². The molecule has 0 aliphatic heterocycles. The third-order valence-corrected chi connectivity index (χ3v) is 8.13. The average molecular weight is 545 g/mol. The van der Waals surface area contributed by atoms with E-state index in [1.807, 2.05) is 39.8 Å². The Labute approximate surface area is 222 Å². The monoisotopic (exact) mass is 543 g/mol. The molecule has 35 heavy (non-hydrogen) atoms. The number of anilines is 2. The van der Waals surface area contributed by atoms with Crippen LogP contribution in [0.1, 0.15) is 34.0 Å². The largest absolute Gasteiger partial charge is 0.325 e. The zero-order chi connectivity index (χ0) is 25.3. The van der Waals surface area contributed by atoms with Crippen molar-refractivity contribution in [2.24, 2.45) is 0 Å². The van der Waals surface area contributed by atoms with E-state index in [0.717, 1.165) is 31.4 Å². The van der Waals surface area contributed by atoms with Gasteiger partial charge in [-0.25, -0.2) is 4.98 Å². The van der Waals surface area contributed by atoms with Crippen LogP contribution in [-0.2, 0) is 4.79 Å². The van der Waals surface area contributed by atoms with Gasteiger partial charge in [-0.15, -0.1) is 11.3 Å². The van der Waals surface area contributed by atoms with Gasteiger partial charge in [0.1, 0.15) is 0 Å². The quantitative estimate of drug-likeness (QED) is 0.242. The maximum absolute atomic E-state index is 12.9. The molecular weight excluding hydrogens is 521 g/mol. The molecule has 5 nitrogen and oxygen atoms in total. The molecular formula is C26H23Cl2N3O2S2. The molecule has 4 rings (SSSR count). The summed E-state index contributed by atoms with van der Waals surface area (Å²) >= 11 is 15.0. The summed E-state index contributed by atoms with van der Waals surface area (Å²) in [6.45, 7) is 7.91. The number of thioether (sulfide) groups is 1. The molecule has 1 atom stereocenters. The number of rotatable bonds is 6. The predicted octanol–water partition coefficient (Wildman–Crippen LogP) is 7.90. The Morgan fingerprint density at radius 3 is 2.37 bits per heavy atom. The normalized spacial score (nSPS) is 11.9. The second-order valence-electron chi connectivity index (χ2n) is 8.26. The highest BCUT2D eigenvalue weighted by molar-refractivity contribution is 8.02. The molecule has 1 unspecified atom stereocenters. The van der Waals surface area contributed by atoms with Crippen molar-refractivity contribution in [1.82, 2.24) is 4.98 Å². The molecule has 1 heterocycles. The number of carbonyl (C=O) groups is 2. The smallest absolute Gasteiger partial charge is 0.257 e. The van der Waals surface area contributed by atoms with Gasteiger partial charge in [0, 0.05) is 16.4 Å². The lowest BCUT2D eigenvalue weighted by atomic mass is 10.1. The van der Waals surface area contributed by atoms with Gasteiger partial charge in [0.15, 0.2) is 4.34 Å². The summed E-state index contributed by atoms with van der Waals surface area (Å²) in [5.41, 5.74) is 5.89. The van der Waals surface area contributed by atoms with Crippen molar-refractivity contribution in [3.63, 3.8) is 0 Å². The van der Waals surface area contributed by atoms with Crippen molar-refractivity contribution >= 4 is 79.7 Å².